The first-order chi connectivity index (χ1) is 12.9. The second-order valence-electron chi connectivity index (χ2n) is 6.51. The summed E-state index contributed by atoms with van der Waals surface area (Å²) in [6, 6.07) is 11.7. The highest BCUT2D eigenvalue weighted by molar-refractivity contribution is 7.20. The zero-order valence-corrected chi connectivity index (χ0v) is 16.4. The fourth-order valence-corrected chi connectivity index (χ4v) is 3.92. The van der Waals surface area contributed by atoms with Crippen LogP contribution in [0.2, 0.25) is 0 Å². The zero-order valence-electron chi connectivity index (χ0n) is 15.6. The number of aryl methyl sites for hydroxylation is 1. The number of hydrogen-bond acceptors (Lipinski definition) is 5. The molecule has 3 aromatic rings. The summed E-state index contributed by atoms with van der Waals surface area (Å²) in [5.74, 6) is -0.237. The quantitative estimate of drug-likeness (QED) is 0.690. The Morgan fingerprint density at radius 2 is 1.85 bits per heavy atom. The number of thiophene rings is 1. The van der Waals surface area contributed by atoms with Crippen molar-refractivity contribution in [3.8, 4) is 0 Å². The van der Waals surface area contributed by atoms with Crippen LogP contribution in [0.3, 0.4) is 0 Å². The van der Waals surface area contributed by atoms with Gasteiger partial charge in [-0.25, -0.2) is 4.79 Å². The maximum Gasteiger partial charge on any atom is 0.331 e. The van der Waals surface area contributed by atoms with Crippen molar-refractivity contribution < 1.29 is 4.79 Å². The Hall–Kier alpha value is -2.71. The predicted molar refractivity (Wildman–Crippen MR) is 107 cm³/mol. The number of amides is 1. The molecule has 0 aliphatic carbocycles. The third kappa shape index (κ3) is 4.01. The number of fused-ring (bicyclic) bond motifs is 1. The molecule has 1 aromatic carbocycles. The minimum absolute atomic E-state index is 0.237. The summed E-state index contributed by atoms with van der Waals surface area (Å²) < 4.78 is 2.45. The molecule has 2 heterocycles. The number of benzene rings is 1. The van der Waals surface area contributed by atoms with E-state index in [1.165, 1.54) is 17.2 Å². The molecule has 0 fully saturated rings. The van der Waals surface area contributed by atoms with Crippen LogP contribution in [0.1, 0.15) is 15.2 Å². The van der Waals surface area contributed by atoms with E-state index in [-0.39, 0.29) is 11.5 Å². The molecular formula is C19H22N4O3S. The van der Waals surface area contributed by atoms with Gasteiger partial charge in [0.1, 0.15) is 4.83 Å². The lowest BCUT2D eigenvalue weighted by molar-refractivity contribution is 0.0953. The lowest BCUT2D eigenvalue weighted by Crippen LogP contribution is -2.36. The molecule has 27 heavy (non-hydrogen) atoms. The van der Waals surface area contributed by atoms with Crippen LogP contribution in [0, 0.1) is 0 Å². The lowest BCUT2D eigenvalue weighted by atomic mass is 10.2. The largest absolute Gasteiger partial charge is 0.350 e. The molecule has 0 aliphatic rings. The molecule has 0 aliphatic heterocycles. The van der Waals surface area contributed by atoms with E-state index in [1.807, 2.05) is 25.2 Å². The Kier molecular flexibility index (Phi) is 5.57. The third-order valence-electron chi connectivity index (χ3n) is 4.42. The molecule has 0 atom stereocenters. The van der Waals surface area contributed by atoms with Crippen molar-refractivity contribution in [2.24, 2.45) is 14.1 Å². The maximum atomic E-state index is 12.4. The van der Waals surface area contributed by atoms with E-state index in [9.17, 15) is 14.4 Å². The van der Waals surface area contributed by atoms with Gasteiger partial charge in [0.05, 0.1) is 10.3 Å². The van der Waals surface area contributed by atoms with E-state index >= 15 is 0 Å². The van der Waals surface area contributed by atoms with Crippen molar-refractivity contribution in [3.05, 3.63) is 67.7 Å². The fourth-order valence-electron chi connectivity index (χ4n) is 2.90. The summed E-state index contributed by atoms with van der Waals surface area (Å²) in [4.78, 5) is 39.7. The molecule has 0 unspecified atom stereocenters. The summed E-state index contributed by atoms with van der Waals surface area (Å²) in [6.07, 6.45) is 0. The van der Waals surface area contributed by atoms with Crippen molar-refractivity contribution in [2.45, 2.75) is 6.54 Å². The van der Waals surface area contributed by atoms with Crippen molar-refractivity contribution in [3.63, 3.8) is 0 Å². The SMILES string of the molecule is CN(CCNC(=O)c1cc2c(=O)n(C)c(=O)n(C)c2s1)Cc1ccccc1. The van der Waals surface area contributed by atoms with Crippen LogP contribution in [0.25, 0.3) is 10.2 Å². The molecule has 0 spiro atoms. The van der Waals surface area contributed by atoms with E-state index < -0.39 is 5.69 Å². The summed E-state index contributed by atoms with van der Waals surface area (Å²) in [5, 5.41) is 3.26. The topological polar surface area (TPSA) is 76.3 Å². The average molecular weight is 386 g/mol. The van der Waals surface area contributed by atoms with E-state index in [1.54, 1.807) is 13.1 Å². The van der Waals surface area contributed by atoms with Crippen LogP contribution in [0.5, 0.6) is 0 Å². The highest BCUT2D eigenvalue weighted by Gasteiger charge is 2.16. The Morgan fingerprint density at radius 1 is 1.15 bits per heavy atom. The van der Waals surface area contributed by atoms with Gasteiger partial charge in [0.15, 0.2) is 0 Å². The summed E-state index contributed by atoms with van der Waals surface area (Å²) >= 11 is 1.15. The molecule has 8 heteroatoms. The van der Waals surface area contributed by atoms with Gasteiger partial charge in [0, 0.05) is 33.7 Å². The van der Waals surface area contributed by atoms with Crippen LogP contribution in [0.15, 0.2) is 46.0 Å². The summed E-state index contributed by atoms with van der Waals surface area (Å²) in [7, 11) is 5.03. The molecule has 1 N–H and O–H groups in total. The van der Waals surface area contributed by atoms with E-state index in [4.69, 9.17) is 0 Å². The highest BCUT2D eigenvalue weighted by Crippen LogP contribution is 2.21. The van der Waals surface area contributed by atoms with Gasteiger partial charge in [-0.15, -0.1) is 11.3 Å². The number of rotatable bonds is 6. The number of nitrogens with zero attached hydrogens (tertiary/aromatic N) is 3. The number of hydrogen-bond donors (Lipinski definition) is 1. The predicted octanol–water partition coefficient (Wildman–Crippen LogP) is 1.16. The molecule has 0 bridgehead atoms. The van der Waals surface area contributed by atoms with Gasteiger partial charge < -0.3 is 10.2 Å². The van der Waals surface area contributed by atoms with Crippen molar-refractivity contribution in [1.29, 1.82) is 0 Å². The second kappa shape index (κ2) is 7.89. The van der Waals surface area contributed by atoms with Crippen LogP contribution in [-0.2, 0) is 20.6 Å². The Bertz CT molecular complexity index is 1080. The first-order valence-electron chi connectivity index (χ1n) is 8.58. The minimum Gasteiger partial charge on any atom is -0.350 e. The fraction of sp³-hybridized carbons (Fsp3) is 0.316. The second-order valence-corrected chi connectivity index (χ2v) is 7.55. The molecule has 0 saturated carbocycles. The number of likely N-dealkylation sites (N-methyl/N-ethyl adjacent to an activating group) is 1. The number of carbonyl (C=O) groups excluding carboxylic acids is 1. The van der Waals surface area contributed by atoms with E-state index in [2.05, 4.69) is 22.3 Å². The molecule has 3 rings (SSSR count). The Labute approximate surface area is 160 Å². The standard InChI is InChI=1S/C19H22N4O3S/c1-21(12-13-7-5-4-6-8-13)10-9-20-16(24)15-11-14-17(25)22(2)19(26)23(3)18(14)27-15/h4-8,11H,9-10,12H2,1-3H3,(H,20,24). The van der Waals surface area contributed by atoms with Crippen molar-refractivity contribution in [1.82, 2.24) is 19.4 Å². The Morgan fingerprint density at radius 3 is 2.56 bits per heavy atom. The molecule has 7 nitrogen and oxygen atoms in total. The molecule has 1 amide bonds. The lowest BCUT2D eigenvalue weighted by Gasteiger charge is -2.16. The van der Waals surface area contributed by atoms with Crippen molar-refractivity contribution in [2.75, 3.05) is 20.1 Å². The van der Waals surface area contributed by atoms with Gasteiger partial charge in [-0.3, -0.25) is 18.7 Å². The van der Waals surface area contributed by atoms with Crippen LogP contribution in [-0.4, -0.2) is 40.1 Å². The molecule has 0 radical (unpaired) electrons. The van der Waals surface area contributed by atoms with Crippen LogP contribution in [0.4, 0.5) is 0 Å². The zero-order chi connectivity index (χ0) is 19.6. The van der Waals surface area contributed by atoms with Crippen LogP contribution < -0.4 is 16.6 Å². The normalized spacial score (nSPS) is 11.3. The average Bonchev–Trinajstić information content (AvgIpc) is 3.11. The van der Waals surface area contributed by atoms with E-state index in [0.29, 0.717) is 28.2 Å². The smallest absolute Gasteiger partial charge is 0.331 e. The van der Waals surface area contributed by atoms with Gasteiger partial charge in [-0.2, -0.15) is 0 Å². The number of nitrogens with one attached hydrogen (secondary N) is 1. The van der Waals surface area contributed by atoms with Gasteiger partial charge in [0.25, 0.3) is 11.5 Å². The summed E-state index contributed by atoms with van der Waals surface area (Å²) in [5.41, 5.74) is 0.433. The number of carbonyl (C=O) groups is 1. The number of aromatic nitrogens is 2. The van der Waals surface area contributed by atoms with Gasteiger partial charge >= 0.3 is 5.69 Å². The van der Waals surface area contributed by atoms with Crippen molar-refractivity contribution >= 4 is 27.5 Å². The highest BCUT2D eigenvalue weighted by atomic mass is 32.1. The molecular weight excluding hydrogens is 364 g/mol. The Balaban J connectivity index is 1.65. The monoisotopic (exact) mass is 386 g/mol. The van der Waals surface area contributed by atoms with Crippen LogP contribution >= 0.6 is 11.3 Å². The van der Waals surface area contributed by atoms with Gasteiger partial charge in [0.2, 0.25) is 0 Å². The minimum atomic E-state index is -0.399. The van der Waals surface area contributed by atoms with Gasteiger partial charge in [-0.1, -0.05) is 30.3 Å². The van der Waals surface area contributed by atoms with E-state index in [0.717, 1.165) is 22.4 Å². The maximum absolute atomic E-state index is 12.4. The molecule has 142 valence electrons. The first-order valence-corrected chi connectivity index (χ1v) is 9.40. The molecule has 2 aromatic heterocycles. The third-order valence-corrected chi connectivity index (χ3v) is 5.63. The first kappa shape index (κ1) is 19.1. The van der Waals surface area contributed by atoms with Gasteiger partial charge in [-0.05, 0) is 18.7 Å². The molecule has 0 saturated heterocycles. The summed E-state index contributed by atoms with van der Waals surface area (Å²) in [6.45, 7) is 2.00.